The molecule has 0 radical (unpaired) electrons. The van der Waals surface area contributed by atoms with Crippen LogP contribution >= 0.6 is 0 Å². The lowest BCUT2D eigenvalue weighted by molar-refractivity contribution is -0.534. The Morgan fingerprint density at radius 1 is 1.55 bits per heavy atom. The molecule has 0 saturated heterocycles. The highest BCUT2D eigenvalue weighted by Crippen LogP contribution is 2.53. The van der Waals surface area contributed by atoms with Crippen molar-refractivity contribution >= 4 is 0 Å². The van der Waals surface area contributed by atoms with Crippen LogP contribution in [0.2, 0.25) is 0 Å². The zero-order valence-corrected chi connectivity index (χ0v) is 6.32. The number of nitro groups is 1. The molecule has 3 heteroatoms. The maximum Gasteiger partial charge on any atom is 0.222 e. The monoisotopic (exact) mass is 153 g/mol. The third kappa shape index (κ3) is 0.951. The average molecular weight is 153 g/mol. The van der Waals surface area contributed by atoms with Gasteiger partial charge >= 0.3 is 0 Å². The molecule has 1 unspecified atom stereocenters. The van der Waals surface area contributed by atoms with Gasteiger partial charge in [-0.1, -0.05) is 12.2 Å². The number of rotatable bonds is 1. The van der Waals surface area contributed by atoms with Crippen LogP contribution in [0.3, 0.4) is 0 Å². The quantitative estimate of drug-likeness (QED) is 0.327. The van der Waals surface area contributed by atoms with E-state index in [-0.39, 0.29) is 16.4 Å². The Kier molecular flexibility index (Phi) is 1.28. The Bertz CT molecular complexity index is 218. The summed E-state index contributed by atoms with van der Waals surface area (Å²) in [6, 6.07) is -0.285. The second-order valence-electron chi connectivity index (χ2n) is 3.51. The molecule has 0 aromatic heterocycles. The van der Waals surface area contributed by atoms with Crippen LogP contribution in [0.1, 0.15) is 25.7 Å². The Morgan fingerprint density at radius 3 is 2.73 bits per heavy atom. The average Bonchev–Trinajstić information content (AvgIpc) is 2.70. The highest BCUT2D eigenvalue weighted by molar-refractivity contribution is 5.16. The van der Waals surface area contributed by atoms with E-state index in [1.165, 1.54) is 0 Å². The van der Waals surface area contributed by atoms with Gasteiger partial charge in [0.2, 0.25) is 6.04 Å². The van der Waals surface area contributed by atoms with Crippen molar-refractivity contribution in [2.75, 3.05) is 0 Å². The third-order valence-electron chi connectivity index (χ3n) is 2.80. The van der Waals surface area contributed by atoms with E-state index >= 15 is 0 Å². The Labute approximate surface area is 65.2 Å². The molecule has 2 aliphatic rings. The first kappa shape index (κ1) is 6.83. The summed E-state index contributed by atoms with van der Waals surface area (Å²) in [5, 5.41) is 10.6. The van der Waals surface area contributed by atoms with Gasteiger partial charge in [0.1, 0.15) is 0 Å². The van der Waals surface area contributed by atoms with Crippen molar-refractivity contribution in [3.63, 3.8) is 0 Å². The lowest BCUT2D eigenvalue weighted by Crippen LogP contribution is -2.31. The van der Waals surface area contributed by atoms with Crippen molar-refractivity contribution < 1.29 is 4.92 Å². The smallest absolute Gasteiger partial charge is 0.222 e. The predicted molar refractivity (Wildman–Crippen MR) is 40.8 cm³/mol. The largest absolute Gasteiger partial charge is 0.264 e. The van der Waals surface area contributed by atoms with Crippen LogP contribution in [0, 0.1) is 15.5 Å². The van der Waals surface area contributed by atoms with E-state index in [2.05, 4.69) is 12.2 Å². The summed E-state index contributed by atoms with van der Waals surface area (Å²) in [5.74, 6) is 0. The van der Waals surface area contributed by atoms with Gasteiger partial charge < -0.3 is 0 Å². The zero-order valence-electron chi connectivity index (χ0n) is 6.32. The van der Waals surface area contributed by atoms with Crippen molar-refractivity contribution in [3.05, 3.63) is 22.3 Å². The van der Waals surface area contributed by atoms with E-state index in [4.69, 9.17) is 0 Å². The van der Waals surface area contributed by atoms with Crippen LogP contribution in [0.25, 0.3) is 0 Å². The van der Waals surface area contributed by atoms with E-state index in [1.54, 1.807) is 0 Å². The van der Waals surface area contributed by atoms with Crippen molar-refractivity contribution in [1.82, 2.24) is 0 Å². The molecule has 0 aromatic rings. The van der Waals surface area contributed by atoms with Gasteiger partial charge in [0, 0.05) is 11.3 Å². The van der Waals surface area contributed by atoms with Crippen LogP contribution in [0.4, 0.5) is 0 Å². The van der Waals surface area contributed by atoms with Crippen LogP contribution in [0.15, 0.2) is 12.2 Å². The fourth-order valence-electron chi connectivity index (χ4n) is 1.93. The molecule has 11 heavy (non-hydrogen) atoms. The minimum Gasteiger partial charge on any atom is -0.264 e. The molecule has 0 heterocycles. The number of allylic oxidation sites excluding steroid dienone is 1. The molecule has 3 nitrogen and oxygen atoms in total. The Balaban J connectivity index is 2.21. The lowest BCUT2D eigenvalue weighted by Gasteiger charge is -2.19. The molecule has 0 aliphatic heterocycles. The van der Waals surface area contributed by atoms with Gasteiger partial charge in [0.05, 0.1) is 5.41 Å². The standard InChI is InChI=1S/C8H11NO2/c10-9(11)7-3-1-2-4-8(7)5-6-8/h2,4,7H,1,3,5-6H2. The van der Waals surface area contributed by atoms with Crippen LogP contribution in [0.5, 0.6) is 0 Å². The molecule has 2 rings (SSSR count). The van der Waals surface area contributed by atoms with Crippen LogP contribution in [-0.2, 0) is 0 Å². The summed E-state index contributed by atoms with van der Waals surface area (Å²) in [5.41, 5.74) is -0.0122. The van der Waals surface area contributed by atoms with Crippen molar-refractivity contribution in [3.8, 4) is 0 Å². The third-order valence-corrected chi connectivity index (χ3v) is 2.80. The van der Waals surface area contributed by atoms with Gasteiger partial charge in [-0.15, -0.1) is 0 Å². The minimum absolute atomic E-state index is 0.0122. The van der Waals surface area contributed by atoms with E-state index in [9.17, 15) is 10.1 Å². The van der Waals surface area contributed by atoms with Gasteiger partial charge in [0.25, 0.3) is 0 Å². The van der Waals surface area contributed by atoms with E-state index < -0.39 is 0 Å². The number of hydrogen-bond donors (Lipinski definition) is 0. The van der Waals surface area contributed by atoms with Crippen molar-refractivity contribution in [2.45, 2.75) is 31.7 Å². The molecule has 1 spiro atoms. The van der Waals surface area contributed by atoms with Gasteiger partial charge in [-0.2, -0.15) is 0 Å². The first-order chi connectivity index (χ1) is 5.25. The molecule has 2 aliphatic carbocycles. The highest BCUT2D eigenvalue weighted by Gasteiger charge is 2.54. The molecule has 0 aromatic carbocycles. The topological polar surface area (TPSA) is 43.1 Å². The van der Waals surface area contributed by atoms with Gasteiger partial charge in [-0.05, 0) is 19.3 Å². The fourth-order valence-corrected chi connectivity index (χ4v) is 1.93. The molecule has 1 saturated carbocycles. The van der Waals surface area contributed by atoms with Crippen molar-refractivity contribution in [2.24, 2.45) is 5.41 Å². The Morgan fingerprint density at radius 2 is 2.27 bits per heavy atom. The van der Waals surface area contributed by atoms with E-state index in [0.717, 1.165) is 25.7 Å². The summed E-state index contributed by atoms with van der Waals surface area (Å²) in [6.45, 7) is 0. The molecule has 60 valence electrons. The second-order valence-corrected chi connectivity index (χ2v) is 3.51. The molecule has 1 fully saturated rings. The SMILES string of the molecule is O=[N+]([O-])C1CCC=CC12CC2. The molecule has 0 N–H and O–H groups in total. The van der Waals surface area contributed by atoms with Crippen LogP contribution < -0.4 is 0 Å². The molecule has 1 atom stereocenters. The normalized spacial score (nSPS) is 32.2. The summed E-state index contributed by atoms with van der Waals surface area (Å²) in [6.07, 6.45) is 7.82. The summed E-state index contributed by atoms with van der Waals surface area (Å²) < 4.78 is 0. The maximum absolute atomic E-state index is 10.6. The van der Waals surface area contributed by atoms with Crippen LogP contribution in [-0.4, -0.2) is 11.0 Å². The zero-order chi connectivity index (χ0) is 7.90. The van der Waals surface area contributed by atoms with Gasteiger partial charge in [-0.25, -0.2) is 0 Å². The van der Waals surface area contributed by atoms with E-state index in [1.807, 2.05) is 0 Å². The summed E-state index contributed by atoms with van der Waals surface area (Å²) >= 11 is 0. The lowest BCUT2D eigenvalue weighted by atomic mass is 9.88. The van der Waals surface area contributed by atoms with E-state index in [0.29, 0.717) is 0 Å². The van der Waals surface area contributed by atoms with Gasteiger partial charge in [-0.3, -0.25) is 10.1 Å². The second kappa shape index (κ2) is 2.06. The molecular formula is C8H11NO2. The first-order valence-corrected chi connectivity index (χ1v) is 4.06. The molecular weight excluding hydrogens is 142 g/mol. The predicted octanol–water partition coefficient (Wildman–Crippen LogP) is 1.76. The first-order valence-electron chi connectivity index (χ1n) is 4.06. The number of nitrogens with zero attached hydrogens (tertiary/aromatic N) is 1. The minimum atomic E-state index is -0.285. The van der Waals surface area contributed by atoms with Crippen molar-refractivity contribution in [1.29, 1.82) is 0 Å². The maximum atomic E-state index is 10.6. The van der Waals surface area contributed by atoms with Gasteiger partial charge in [0.15, 0.2) is 0 Å². The Hall–Kier alpha value is -0.860. The number of hydrogen-bond acceptors (Lipinski definition) is 2. The summed E-state index contributed by atoms with van der Waals surface area (Å²) in [7, 11) is 0. The highest BCUT2D eigenvalue weighted by atomic mass is 16.6. The molecule has 0 amide bonds. The molecule has 0 bridgehead atoms. The summed E-state index contributed by atoms with van der Waals surface area (Å²) in [4.78, 5) is 10.5. The fraction of sp³-hybridized carbons (Fsp3) is 0.750.